The van der Waals surface area contributed by atoms with Crippen LogP contribution in [0, 0.1) is 5.92 Å². The zero-order valence-electron chi connectivity index (χ0n) is 18.2. The van der Waals surface area contributed by atoms with Gasteiger partial charge in [-0.2, -0.15) is 13.1 Å². The summed E-state index contributed by atoms with van der Waals surface area (Å²) in [6.45, 7) is -0.844. The van der Waals surface area contributed by atoms with Gasteiger partial charge in [0, 0.05) is 24.7 Å². The summed E-state index contributed by atoms with van der Waals surface area (Å²) in [5, 5.41) is 2.59. The molecular weight excluding hydrogens is 494 g/mol. The van der Waals surface area contributed by atoms with Gasteiger partial charge in [-0.3, -0.25) is 4.79 Å². The summed E-state index contributed by atoms with van der Waals surface area (Å²) in [7, 11) is -3.79. The molecule has 0 bridgehead atoms. The van der Waals surface area contributed by atoms with Gasteiger partial charge in [-0.1, -0.05) is 11.6 Å². The number of sulfonamides is 1. The molecule has 0 unspecified atom stereocenters. The van der Waals surface area contributed by atoms with Gasteiger partial charge in [-0.05, 0) is 62.2 Å². The van der Waals surface area contributed by atoms with Crippen LogP contribution in [0.5, 0.6) is 5.75 Å². The predicted octanol–water partition coefficient (Wildman–Crippen LogP) is 4.16. The van der Waals surface area contributed by atoms with Crippen molar-refractivity contribution in [3.8, 4) is 5.75 Å². The maximum atomic E-state index is 12.9. The van der Waals surface area contributed by atoms with Gasteiger partial charge in [0.1, 0.15) is 5.75 Å². The van der Waals surface area contributed by atoms with Crippen LogP contribution in [0.15, 0.2) is 47.4 Å². The molecule has 0 atom stereocenters. The molecule has 184 valence electrons. The molecule has 1 fully saturated rings. The summed E-state index contributed by atoms with van der Waals surface area (Å²) in [5.41, 5.74) is 0.568. The number of hydrogen-bond donors (Lipinski definition) is 1. The highest BCUT2D eigenvalue weighted by Crippen LogP contribution is 2.30. The van der Waals surface area contributed by atoms with E-state index in [4.69, 9.17) is 16.3 Å². The van der Waals surface area contributed by atoms with Gasteiger partial charge in [0.2, 0.25) is 15.9 Å². The van der Waals surface area contributed by atoms with Gasteiger partial charge in [0.15, 0.2) is 0 Å². The highest BCUT2D eigenvalue weighted by Gasteiger charge is 2.32. The van der Waals surface area contributed by atoms with Crippen molar-refractivity contribution in [2.45, 2.75) is 31.3 Å². The first kappa shape index (κ1) is 25.9. The van der Waals surface area contributed by atoms with E-state index < -0.39 is 28.5 Å². The second-order valence-electron chi connectivity index (χ2n) is 7.44. The van der Waals surface area contributed by atoms with E-state index in [1.54, 1.807) is 6.92 Å². The predicted molar refractivity (Wildman–Crippen MR) is 121 cm³/mol. The Hall–Kier alpha value is -2.76. The Balaban J connectivity index is 1.58. The van der Waals surface area contributed by atoms with Gasteiger partial charge in [-0.25, -0.2) is 13.2 Å². The fourth-order valence-electron chi connectivity index (χ4n) is 3.50. The van der Waals surface area contributed by atoms with E-state index in [1.807, 2.05) is 0 Å². The smallest absolute Gasteiger partial charge is 0.387 e. The average molecular weight is 517 g/mol. The first-order valence-electron chi connectivity index (χ1n) is 10.4. The van der Waals surface area contributed by atoms with Crippen molar-refractivity contribution in [3.05, 3.63) is 53.1 Å². The van der Waals surface area contributed by atoms with Crippen molar-refractivity contribution in [2.24, 2.45) is 5.92 Å². The van der Waals surface area contributed by atoms with Crippen LogP contribution in [0.1, 0.15) is 30.1 Å². The van der Waals surface area contributed by atoms with Crippen LogP contribution in [-0.2, 0) is 19.6 Å². The zero-order valence-corrected chi connectivity index (χ0v) is 19.7. The summed E-state index contributed by atoms with van der Waals surface area (Å²) in [4.78, 5) is 24.4. The van der Waals surface area contributed by atoms with E-state index in [-0.39, 0.29) is 46.8 Å². The molecule has 1 heterocycles. The molecule has 0 saturated carbocycles. The number of carbonyl (C=O) groups excluding carboxylic acids is 2. The molecule has 1 aliphatic rings. The van der Waals surface area contributed by atoms with Crippen molar-refractivity contribution in [3.63, 3.8) is 0 Å². The normalized spacial score (nSPS) is 15.2. The molecule has 8 nitrogen and oxygen atoms in total. The number of benzene rings is 2. The topological polar surface area (TPSA) is 102 Å². The number of nitrogens with one attached hydrogen (secondary N) is 1. The number of hydrogen-bond acceptors (Lipinski definition) is 6. The Morgan fingerprint density at radius 2 is 1.79 bits per heavy atom. The zero-order chi connectivity index (χ0) is 24.9. The lowest BCUT2D eigenvalue weighted by Gasteiger charge is -2.30. The summed E-state index contributed by atoms with van der Waals surface area (Å²) in [6.07, 6.45) is 0.596. The van der Waals surface area contributed by atoms with Crippen LogP contribution in [-0.4, -0.2) is 50.9 Å². The van der Waals surface area contributed by atoms with Crippen LogP contribution in [0.2, 0.25) is 5.02 Å². The van der Waals surface area contributed by atoms with Gasteiger partial charge >= 0.3 is 12.6 Å². The molecule has 0 aliphatic carbocycles. The molecule has 1 amide bonds. The van der Waals surface area contributed by atoms with Gasteiger partial charge < -0.3 is 14.8 Å². The Labute approximate surface area is 200 Å². The highest BCUT2D eigenvalue weighted by atomic mass is 35.5. The quantitative estimate of drug-likeness (QED) is 0.529. The molecule has 1 saturated heterocycles. The summed E-state index contributed by atoms with van der Waals surface area (Å²) in [5.74, 6) is -1.50. The largest absolute Gasteiger partial charge is 0.462 e. The van der Waals surface area contributed by atoms with Crippen LogP contribution in [0.25, 0.3) is 0 Å². The molecular formula is C22H23ClF2N2O6S. The van der Waals surface area contributed by atoms with Crippen LogP contribution in [0.3, 0.4) is 0 Å². The lowest BCUT2D eigenvalue weighted by molar-refractivity contribution is -0.120. The Morgan fingerprint density at radius 3 is 2.35 bits per heavy atom. The number of carbonyl (C=O) groups is 2. The lowest BCUT2D eigenvalue weighted by Crippen LogP contribution is -2.41. The minimum atomic E-state index is -3.79. The number of nitrogens with zero attached hydrogens (tertiary/aromatic N) is 1. The van der Waals surface area contributed by atoms with Crippen LogP contribution < -0.4 is 10.1 Å². The third kappa shape index (κ3) is 6.22. The minimum absolute atomic E-state index is 0.0456. The maximum absolute atomic E-state index is 12.9. The number of halogens is 3. The SMILES string of the molecule is CCOC(=O)c1ccc(S(=O)(=O)N2CCC(C(=O)Nc3ccc(OC(F)F)c(Cl)c3)CC2)cc1. The molecule has 2 aromatic rings. The number of rotatable bonds is 8. The molecule has 34 heavy (non-hydrogen) atoms. The number of amides is 1. The Kier molecular flexibility index (Phi) is 8.45. The summed E-state index contributed by atoms with van der Waals surface area (Å²) < 4.78 is 61.0. The Morgan fingerprint density at radius 1 is 1.15 bits per heavy atom. The van der Waals surface area contributed by atoms with Gasteiger partial charge in [0.25, 0.3) is 0 Å². The second kappa shape index (κ2) is 11.1. The van der Waals surface area contributed by atoms with E-state index in [1.165, 1.54) is 46.8 Å². The van der Waals surface area contributed by atoms with E-state index in [0.29, 0.717) is 18.5 Å². The van der Waals surface area contributed by atoms with Gasteiger partial charge in [-0.15, -0.1) is 0 Å². The third-order valence-corrected chi connectivity index (χ3v) is 7.45. The monoisotopic (exact) mass is 516 g/mol. The van der Waals surface area contributed by atoms with Crippen LogP contribution >= 0.6 is 11.6 Å². The lowest BCUT2D eigenvalue weighted by atomic mass is 9.97. The Bertz CT molecular complexity index is 1140. The highest BCUT2D eigenvalue weighted by molar-refractivity contribution is 7.89. The molecule has 12 heteroatoms. The fraction of sp³-hybridized carbons (Fsp3) is 0.364. The number of esters is 1. The number of piperidine rings is 1. The van der Waals surface area contributed by atoms with Crippen molar-refractivity contribution in [1.29, 1.82) is 0 Å². The number of anilines is 1. The molecule has 1 N–H and O–H groups in total. The molecule has 0 aromatic heterocycles. The molecule has 1 aliphatic heterocycles. The van der Waals surface area contributed by atoms with E-state index in [9.17, 15) is 26.8 Å². The molecule has 2 aromatic carbocycles. The number of ether oxygens (including phenoxy) is 2. The average Bonchev–Trinajstić information content (AvgIpc) is 2.81. The van der Waals surface area contributed by atoms with Gasteiger partial charge in [0.05, 0.1) is 22.1 Å². The fourth-order valence-corrected chi connectivity index (χ4v) is 5.19. The van der Waals surface area contributed by atoms with E-state index in [0.717, 1.165) is 0 Å². The minimum Gasteiger partial charge on any atom is -0.462 e. The first-order valence-corrected chi connectivity index (χ1v) is 12.3. The standard InChI is InChI=1S/C22H23ClF2N2O6S/c1-2-32-21(29)15-3-6-17(7-4-15)34(30,31)27-11-9-14(10-12-27)20(28)26-16-5-8-19(18(23)13-16)33-22(24)25/h3-8,13-14,22H,2,9-12H2,1H3,(H,26,28). The maximum Gasteiger partial charge on any atom is 0.387 e. The van der Waals surface area contributed by atoms with E-state index >= 15 is 0 Å². The second-order valence-corrected chi connectivity index (χ2v) is 9.78. The summed E-state index contributed by atoms with van der Waals surface area (Å²) in [6, 6.07) is 9.42. The van der Waals surface area contributed by atoms with Crippen molar-refractivity contribution in [2.75, 3.05) is 25.0 Å². The van der Waals surface area contributed by atoms with E-state index in [2.05, 4.69) is 10.1 Å². The van der Waals surface area contributed by atoms with Crippen molar-refractivity contribution < 1.29 is 36.3 Å². The molecule has 0 radical (unpaired) electrons. The van der Waals surface area contributed by atoms with Crippen molar-refractivity contribution >= 4 is 39.2 Å². The summed E-state index contributed by atoms with van der Waals surface area (Å²) >= 11 is 5.90. The third-order valence-electron chi connectivity index (χ3n) is 5.24. The molecule has 3 rings (SSSR count). The van der Waals surface area contributed by atoms with Crippen LogP contribution in [0.4, 0.5) is 14.5 Å². The van der Waals surface area contributed by atoms with Crippen molar-refractivity contribution in [1.82, 2.24) is 4.31 Å². The number of alkyl halides is 2. The molecule has 0 spiro atoms. The first-order chi connectivity index (χ1) is 16.1.